The van der Waals surface area contributed by atoms with Crippen LogP contribution in [0.3, 0.4) is 0 Å². The first-order chi connectivity index (χ1) is 7.34. The molecule has 1 saturated heterocycles. The molecule has 0 spiro atoms. The average Bonchev–Trinajstić information content (AvgIpc) is 2.30. The summed E-state index contributed by atoms with van der Waals surface area (Å²) < 4.78 is 0. The number of hydrogen-bond donors (Lipinski definition) is 1. The second-order valence-electron chi connectivity index (χ2n) is 5.42. The highest BCUT2D eigenvalue weighted by Gasteiger charge is 2.19. The van der Waals surface area contributed by atoms with Gasteiger partial charge in [0.15, 0.2) is 0 Å². The molecule has 1 saturated carbocycles. The van der Waals surface area contributed by atoms with E-state index in [0.717, 1.165) is 17.9 Å². The molecule has 15 heavy (non-hydrogen) atoms. The van der Waals surface area contributed by atoms with Crippen LogP contribution in [0.5, 0.6) is 0 Å². The summed E-state index contributed by atoms with van der Waals surface area (Å²) in [5.74, 6) is 4.75. The third kappa shape index (κ3) is 3.99. The van der Waals surface area contributed by atoms with Gasteiger partial charge in [-0.25, -0.2) is 0 Å². The molecule has 2 heteroatoms. The second-order valence-corrected chi connectivity index (χ2v) is 6.65. The summed E-state index contributed by atoms with van der Waals surface area (Å²) in [7, 11) is 0. The highest BCUT2D eigenvalue weighted by atomic mass is 32.2. The highest BCUT2D eigenvalue weighted by Crippen LogP contribution is 2.25. The van der Waals surface area contributed by atoms with Gasteiger partial charge in [-0.3, -0.25) is 0 Å². The van der Waals surface area contributed by atoms with E-state index in [9.17, 15) is 0 Å². The molecule has 88 valence electrons. The second kappa shape index (κ2) is 6.15. The Labute approximate surface area is 98.8 Å². The lowest BCUT2D eigenvalue weighted by atomic mass is 9.87. The predicted molar refractivity (Wildman–Crippen MR) is 69.5 cm³/mol. The molecule has 2 fully saturated rings. The van der Waals surface area contributed by atoms with Gasteiger partial charge in [-0.2, -0.15) is 11.8 Å². The zero-order valence-corrected chi connectivity index (χ0v) is 10.8. The maximum atomic E-state index is 3.80. The van der Waals surface area contributed by atoms with E-state index in [1.807, 2.05) is 0 Å². The Morgan fingerprint density at radius 1 is 1.00 bits per heavy atom. The maximum Gasteiger partial charge on any atom is 0.00673 e. The van der Waals surface area contributed by atoms with Crippen LogP contribution in [-0.2, 0) is 0 Å². The molecule has 0 aromatic rings. The first kappa shape index (κ1) is 11.8. The van der Waals surface area contributed by atoms with E-state index in [4.69, 9.17) is 0 Å². The van der Waals surface area contributed by atoms with Crippen LogP contribution in [0.15, 0.2) is 0 Å². The fourth-order valence-corrected chi connectivity index (χ4v) is 3.95. The van der Waals surface area contributed by atoms with Crippen molar-refractivity contribution >= 4 is 11.8 Å². The van der Waals surface area contributed by atoms with Gasteiger partial charge in [0.1, 0.15) is 0 Å². The van der Waals surface area contributed by atoms with E-state index in [0.29, 0.717) is 0 Å². The van der Waals surface area contributed by atoms with Crippen LogP contribution in [-0.4, -0.2) is 24.1 Å². The molecule has 1 aliphatic carbocycles. The zero-order valence-electron chi connectivity index (χ0n) is 10.0. The Bertz CT molecular complexity index is 169. The lowest BCUT2D eigenvalue weighted by molar-refractivity contribution is 0.291. The van der Waals surface area contributed by atoms with Crippen molar-refractivity contribution in [1.29, 1.82) is 0 Å². The summed E-state index contributed by atoms with van der Waals surface area (Å²) in [5.41, 5.74) is 0. The third-order valence-corrected chi connectivity index (χ3v) is 5.10. The van der Waals surface area contributed by atoms with E-state index in [2.05, 4.69) is 24.0 Å². The van der Waals surface area contributed by atoms with Gasteiger partial charge >= 0.3 is 0 Å². The smallest absolute Gasteiger partial charge is 0.00673 e. The van der Waals surface area contributed by atoms with Crippen molar-refractivity contribution in [2.24, 2.45) is 11.8 Å². The van der Waals surface area contributed by atoms with Gasteiger partial charge in [-0.15, -0.1) is 0 Å². The summed E-state index contributed by atoms with van der Waals surface area (Å²) >= 11 is 2.13. The van der Waals surface area contributed by atoms with Crippen LogP contribution in [0.4, 0.5) is 0 Å². The van der Waals surface area contributed by atoms with Crippen LogP contribution in [0, 0.1) is 11.8 Å². The van der Waals surface area contributed by atoms with Gasteiger partial charge < -0.3 is 5.32 Å². The van der Waals surface area contributed by atoms with Gasteiger partial charge in [0.05, 0.1) is 0 Å². The zero-order chi connectivity index (χ0) is 10.5. The van der Waals surface area contributed by atoms with Gasteiger partial charge in [0.25, 0.3) is 0 Å². The predicted octanol–water partition coefficient (Wildman–Crippen LogP) is 3.30. The molecule has 2 rings (SSSR count). The van der Waals surface area contributed by atoms with Crippen molar-refractivity contribution in [3.8, 4) is 0 Å². The van der Waals surface area contributed by atoms with Crippen LogP contribution in [0.1, 0.15) is 45.4 Å². The van der Waals surface area contributed by atoms with Crippen LogP contribution in [0.2, 0.25) is 0 Å². The van der Waals surface area contributed by atoms with Gasteiger partial charge in [0, 0.05) is 6.04 Å². The van der Waals surface area contributed by atoms with Gasteiger partial charge in [0.2, 0.25) is 0 Å². The molecular weight excluding hydrogens is 202 g/mol. The average molecular weight is 227 g/mol. The highest BCUT2D eigenvalue weighted by molar-refractivity contribution is 7.99. The molecule has 1 heterocycles. The molecule has 0 aromatic carbocycles. The lowest BCUT2D eigenvalue weighted by Crippen LogP contribution is -2.36. The Morgan fingerprint density at radius 2 is 1.67 bits per heavy atom. The fourth-order valence-electron chi connectivity index (χ4n) is 2.75. The molecule has 1 aliphatic heterocycles. The largest absolute Gasteiger partial charge is 0.314 e. The van der Waals surface area contributed by atoms with Crippen molar-refractivity contribution in [3.05, 3.63) is 0 Å². The van der Waals surface area contributed by atoms with E-state index >= 15 is 0 Å². The Balaban J connectivity index is 1.60. The van der Waals surface area contributed by atoms with E-state index in [1.165, 1.54) is 56.6 Å². The van der Waals surface area contributed by atoms with E-state index in [1.54, 1.807) is 0 Å². The molecule has 0 amide bonds. The van der Waals surface area contributed by atoms with Crippen LogP contribution < -0.4 is 5.32 Å². The normalized spacial score (nSPS) is 34.2. The molecule has 1 nitrogen and oxygen atoms in total. The molecule has 0 aromatic heterocycles. The van der Waals surface area contributed by atoms with Crippen molar-refractivity contribution in [3.63, 3.8) is 0 Å². The van der Waals surface area contributed by atoms with Crippen molar-refractivity contribution < 1.29 is 0 Å². The first-order valence-corrected chi connectivity index (χ1v) is 7.81. The SMILES string of the molecule is CC1CCC(NCC2CCSCC2)CC1. The quantitative estimate of drug-likeness (QED) is 0.794. The summed E-state index contributed by atoms with van der Waals surface area (Å²) in [4.78, 5) is 0. The Morgan fingerprint density at radius 3 is 2.33 bits per heavy atom. The maximum absolute atomic E-state index is 3.80. The Hall–Kier alpha value is 0.310. The van der Waals surface area contributed by atoms with Gasteiger partial charge in [-0.1, -0.05) is 6.92 Å². The van der Waals surface area contributed by atoms with E-state index < -0.39 is 0 Å². The number of nitrogens with one attached hydrogen (secondary N) is 1. The topological polar surface area (TPSA) is 12.0 Å². The minimum absolute atomic E-state index is 0.843. The summed E-state index contributed by atoms with van der Waals surface area (Å²) in [6, 6.07) is 0.843. The molecule has 0 radical (unpaired) electrons. The first-order valence-electron chi connectivity index (χ1n) is 6.65. The number of rotatable bonds is 3. The minimum Gasteiger partial charge on any atom is -0.314 e. The molecule has 0 atom stereocenters. The number of hydrogen-bond acceptors (Lipinski definition) is 2. The van der Waals surface area contributed by atoms with Crippen LogP contribution in [0.25, 0.3) is 0 Å². The fraction of sp³-hybridized carbons (Fsp3) is 1.00. The molecule has 0 bridgehead atoms. The van der Waals surface area contributed by atoms with Crippen molar-refractivity contribution in [2.45, 2.75) is 51.5 Å². The Kier molecular flexibility index (Phi) is 4.83. The van der Waals surface area contributed by atoms with Crippen LogP contribution >= 0.6 is 11.8 Å². The number of thioether (sulfide) groups is 1. The molecular formula is C13H25NS. The summed E-state index contributed by atoms with van der Waals surface area (Å²) in [5, 5.41) is 3.80. The molecule has 1 N–H and O–H groups in total. The molecule has 0 unspecified atom stereocenters. The lowest BCUT2D eigenvalue weighted by Gasteiger charge is -2.29. The molecule has 2 aliphatic rings. The minimum atomic E-state index is 0.843. The monoisotopic (exact) mass is 227 g/mol. The third-order valence-electron chi connectivity index (χ3n) is 4.05. The summed E-state index contributed by atoms with van der Waals surface area (Å²) in [6.45, 7) is 3.69. The van der Waals surface area contributed by atoms with Gasteiger partial charge in [-0.05, 0) is 68.4 Å². The standard InChI is InChI=1S/C13H25NS/c1-11-2-4-13(5-3-11)14-10-12-6-8-15-9-7-12/h11-14H,2-10H2,1H3. The van der Waals surface area contributed by atoms with E-state index in [-0.39, 0.29) is 0 Å². The van der Waals surface area contributed by atoms with Crippen molar-refractivity contribution in [1.82, 2.24) is 5.32 Å². The summed E-state index contributed by atoms with van der Waals surface area (Å²) in [6.07, 6.45) is 8.61. The van der Waals surface area contributed by atoms with Crippen molar-refractivity contribution in [2.75, 3.05) is 18.1 Å².